The van der Waals surface area contributed by atoms with Crippen molar-refractivity contribution in [1.82, 2.24) is 4.98 Å². The number of hydrogen-bond acceptors (Lipinski definition) is 2. The van der Waals surface area contributed by atoms with Crippen LogP contribution >= 0.6 is 0 Å². The number of aromatic nitrogens is 1. The van der Waals surface area contributed by atoms with Crippen molar-refractivity contribution in [1.29, 1.82) is 0 Å². The Morgan fingerprint density at radius 2 is 2.05 bits per heavy atom. The molecule has 1 aromatic carbocycles. The first kappa shape index (κ1) is 13.7. The van der Waals surface area contributed by atoms with Crippen LogP contribution in [0.15, 0.2) is 36.5 Å². The normalized spacial score (nSPS) is 12.4. The maximum Gasteiger partial charge on any atom is 0.126 e. The van der Waals surface area contributed by atoms with Crippen LogP contribution in [0.25, 0.3) is 0 Å². The van der Waals surface area contributed by atoms with E-state index in [0.29, 0.717) is 12.0 Å². The molecule has 100 valence electrons. The number of nitrogens with zero attached hydrogens (tertiary/aromatic N) is 1. The molecule has 2 aromatic rings. The summed E-state index contributed by atoms with van der Waals surface area (Å²) < 4.78 is 13.8. The second-order valence-electron chi connectivity index (χ2n) is 4.83. The van der Waals surface area contributed by atoms with Gasteiger partial charge in [0, 0.05) is 24.4 Å². The Kier molecular flexibility index (Phi) is 4.27. The van der Waals surface area contributed by atoms with Gasteiger partial charge in [0.05, 0.1) is 0 Å². The highest BCUT2D eigenvalue weighted by molar-refractivity contribution is 5.30. The standard InChI is InChI=1S/C16H19FN2/c1-3-12-4-6-15(19-10-12)9-14-8-13(11(2)18)5-7-16(14)17/h4-8,10-11H,3,9,18H2,1-2H3. The van der Waals surface area contributed by atoms with Gasteiger partial charge in [0.15, 0.2) is 0 Å². The zero-order valence-electron chi connectivity index (χ0n) is 11.4. The van der Waals surface area contributed by atoms with E-state index in [2.05, 4.69) is 11.9 Å². The summed E-state index contributed by atoms with van der Waals surface area (Å²) in [5.74, 6) is -0.203. The first-order valence-electron chi connectivity index (χ1n) is 6.58. The molecule has 2 nitrogen and oxygen atoms in total. The van der Waals surface area contributed by atoms with Crippen LogP contribution < -0.4 is 5.73 Å². The van der Waals surface area contributed by atoms with Crippen LogP contribution in [0.3, 0.4) is 0 Å². The minimum atomic E-state index is -0.203. The highest BCUT2D eigenvalue weighted by Crippen LogP contribution is 2.18. The zero-order chi connectivity index (χ0) is 13.8. The summed E-state index contributed by atoms with van der Waals surface area (Å²) in [6.07, 6.45) is 3.31. The number of nitrogens with two attached hydrogens (primary N) is 1. The molecule has 1 aromatic heterocycles. The van der Waals surface area contributed by atoms with Crippen LogP contribution in [-0.4, -0.2) is 4.98 Å². The molecule has 0 aliphatic heterocycles. The topological polar surface area (TPSA) is 38.9 Å². The van der Waals surface area contributed by atoms with Crippen molar-refractivity contribution in [3.63, 3.8) is 0 Å². The highest BCUT2D eigenvalue weighted by Gasteiger charge is 2.08. The van der Waals surface area contributed by atoms with Gasteiger partial charge in [0.1, 0.15) is 5.82 Å². The van der Waals surface area contributed by atoms with E-state index in [1.54, 1.807) is 6.07 Å². The zero-order valence-corrected chi connectivity index (χ0v) is 11.4. The molecule has 2 N–H and O–H groups in total. The molecule has 0 aliphatic rings. The Morgan fingerprint density at radius 3 is 2.63 bits per heavy atom. The molecule has 0 bridgehead atoms. The summed E-state index contributed by atoms with van der Waals surface area (Å²) in [7, 11) is 0. The van der Waals surface area contributed by atoms with Gasteiger partial charge < -0.3 is 5.73 Å². The molecule has 1 unspecified atom stereocenters. The Balaban J connectivity index is 2.23. The largest absolute Gasteiger partial charge is 0.324 e. The summed E-state index contributed by atoms with van der Waals surface area (Å²) in [4.78, 5) is 4.36. The molecule has 2 rings (SSSR count). The van der Waals surface area contributed by atoms with Crippen molar-refractivity contribution in [3.8, 4) is 0 Å². The van der Waals surface area contributed by atoms with E-state index < -0.39 is 0 Å². The summed E-state index contributed by atoms with van der Waals surface area (Å²) in [6, 6.07) is 8.95. The van der Waals surface area contributed by atoms with Crippen molar-refractivity contribution in [2.24, 2.45) is 5.73 Å². The lowest BCUT2D eigenvalue weighted by Crippen LogP contribution is -2.06. The monoisotopic (exact) mass is 258 g/mol. The lowest BCUT2D eigenvalue weighted by atomic mass is 10.0. The van der Waals surface area contributed by atoms with Gasteiger partial charge in [-0.25, -0.2) is 4.39 Å². The van der Waals surface area contributed by atoms with Crippen LogP contribution in [-0.2, 0) is 12.8 Å². The van der Waals surface area contributed by atoms with Crippen LogP contribution in [0.5, 0.6) is 0 Å². The lowest BCUT2D eigenvalue weighted by Gasteiger charge is -2.09. The minimum absolute atomic E-state index is 0.0882. The fraction of sp³-hybridized carbons (Fsp3) is 0.312. The van der Waals surface area contributed by atoms with Gasteiger partial charge in [-0.1, -0.05) is 25.1 Å². The molecule has 0 radical (unpaired) electrons. The third kappa shape index (κ3) is 3.38. The third-order valence-electron chi connectivity index (χ3n) is 3.26. The molecule has 1 heterocycles. The van der Waals surface area contributed by atoms with E-state index in [-0.39, 0.29) is 11.9 Å². The van der Waals surface area contributed by atoms with Gasteiger partial charge in [-0.2, -0.15) is 0 Å². The fourth-order valence-corrected chi connectivity index (χ4v) is 1.98. The number of rotatable bonds is 4. The lowest BCUT2D eigenvalue weighted by molar-refractivity contribution is 0.611. The second kappa shape index (κ2) is 5.93. The first-order valence-corrected chi connectivity index (χ1v) is 6.58. The Bertz CT molecular complexity index is 547. The van der Waals surface area contributed by atoms with Crippen molar-refractivity contribution in [3.05, 3.63) is 64.7 Å². The average molecular weight is 258 g/mol. The summed E-state index contributed by atoms with van der Waals surface area (Å²) in [5, 5.41) is 0. The van der Waals surface area contributed by atoms with Crippen molar-refractivity contribution >= 4 is 0 Å². The van der Waals surface area contributed by atoms with Gasteiger partial charge >= 0.3 is 0 Å². The molecule has 0 spiro atoms. The Hall–Kier alpha value is -1.74. The molecule has 0 amide bonds. The van der Waals surface area contributed by atoms with E-state index in [9.17, 15) is 4.39 Å². The van der Waals surface area contributed by atoms with Crippen LogP contribution in [0.4, 0.5) is 4.39 Å². The molecule has 0 aliphatic carbocycles. The number of hydrogen-bond donors (Lipinski definition) is 1. The van der Waals surface area contributed by atoms with Gasteiger partial charge in [-0.3, -0.25) is 4.98 Å². The van der Waals surface area contributed by atoms with Gasteiger partial charge in [0.25, 0.3) is 0 Å². The molecule has 1 atom stereocenters. The molecule has 0 saturated heterocycles. The Morgan fingerprint density at radius 1 is 1.26 bits per heavy atom. The van der Waals surface area contributed by atoms with E-state index in [1.165, 1.54) is 11.6 Å². The molecular formula is C16H19FN2. The van der Waals surface area contributed by atoms with Gasteiger partial charge in [0.2, 0.25) is 0 Å². The maximum atomic E-state index is 13.8. The van der Waals surface area contributed by atoms with Crippen molar-refractivity contribution in [2.75, 3.05) is 0 Å². The molecular weight excluding hydrogens is 239 g/mol. The molecule has 3 heteroatoms. The predicted octanol–water partition coefficient (Wildman–Crippen LogP) is 3.39. The first-order chi connectivity index (χ1) is 9.10. The minimum Gasteiger partial charge on any atom is -0.324 e. The number of benzene rings is 1. The van der Waals surface area contributed by atoms with Crippen LogP contribution in [0.1, 0.15) is 42.3 Å². The summed E-state index contributed by atoms with van der Waals surface area (Å²) >= 11 is 0. The van der Waals surface area contributed by atoms with Crippen LogP contribution in [0, 0.1) is 5.82 Å². The smallest absolute Gasteiger partial charge is 0.126 e. The number of pyridine rings is 1. The number of halogens is 1. The number of aryl methyl sites for hydroxylation is 1. The van der Waals surface area contributed by atoms with E-state index in [4.69, 9.17) is 5.73 Å². The molecule has 0 saturated carbocycles. The predicted molar refractivity (Wildman–Crippen MR) is 75.4 cm³/mol. The third-order valence-corrected chi connectivity index (χ3v) is 3.26. The van der Waals surface area contributed by atoms with Crippen molar-refractivity contribution < 1.29 is 4.39 Å². The maximum absolute atomic E-state index is 13.8. The van der Waals surface area contributed by atoms with Crippen molar-refractivity contribution in [2.45, 2.75) is 32.7 Å². The van der Waals surface area contributed by atoms with Gasteiger partial charge in [-0.05, 0) is 42.2 Å². The Labute approximate surface area is 113 Å². The molecule has 0 fully saturated rings. The van der Waals surface area contributed by atoms with E-state index >= 15 is 0 Å². The van der Waals surface area contributed by atoms with Gasteiger partial charge in [-0.15, -0.1) is 0 Å². The summed E-state index contributed by atoms with van der Waals surface area (Å²) in [6.45, 7) is 3.98. The average Bonchev–Trinajstić information content (AvgIpc) is 2.42. The van der Waals surface area contributed by atoms with Crippen LogP contribution in [0.2, 0.25) is 0 Å². The summed E-state index contributed by atoms with van der Waals surface area (Å²) in [5.41, 5.74) is 9.48. The molecule has 19 heavy (non-hydrogen) atoms. The second-order valence-corrected chi connectivity index (χ2v) is 4.83. The quantitative estimate of drug-likeness (QED) is 0.913. The fourth-order valence-electron chi connectivity index (χ4n) is 1.98. The highest BCUT2D eigenvalue weighted by atomic mass is 19.1. The SMILES string of the molecule is CCc1ccc(Cc2cc(C(C)N)ccc2F)nc1. The van der Waals surface area contributed by atoms with E-state index in [0.717, 1.165) is 17.7 Å². The van der Waals surface area contributed by atoms with E-state index in [1.807, 2.05) is 31.3 Å².